The van der Waals surface area contributed by atoms with Crippen molar-refractivity contribution in [3.63, 3.8) is 0 Å². The third-order valence-electron chi connectivity index (χ3n) is 5.78. The van der Waals surface area contributed by atoms with Crippen LogP contribution in [0.3, 0.4) is 0 Å². The van der Waals surface area contributed by atoms with Crippen LogP contribution in [0.25, 0.3) is 10.8 Å². The fourth-order valence-corrected chi connectivity index (χ4v) is 5.52. The van der Waals surface area contributed by atoms with E-state index in [-0.39, 0.29) is 17.5 Å². The standard InChI is InChI=1S/C25H27N2O7P/c1-18(25(28)32-21-10-3-2-4-11-21)26-35(31,33-22-16-14-20(15-17-22)27(29)30)34-24-13-7-9-19-8-5-6-12-23(19)24/h5-9,12-18,21H,2-4,10-11H2,1H3,(H,26,31)/t18-,35?/m0/s1. The number of benzene rings is 3. The van der Waals surface area contributed by atoms with E-state index in [1.807, 2.05) is 30.3 Å². The molecule has 3 aromatic rings. The molecule has 0 aromatic heterocycles. The van der Waals surface area contributed by atoms with Gasteiger partial charge in [0.15, 0.2) is 0 Å². The number of ether oxygens (including phenoxy) is 1. The van der Waals surface area contributed by atoms with Crippen LogP contribution in [0, 0.1) is 10.1 Å². The summed E-state index contributed by atoms with van der Waals surface area (Å²) in [5.74, 6) is -0.167. The predicted octanol–water partition coefficient (Wildman–Crippen LogP) is 6.17. The Kier molecular flexibility index (Phi) is 7.68. The third-order valence-corrected chi connectivity index (χ3v) is 7.37. The number of rotatable bonds is 9. The summed E-state index contributed by atoms with van der Waals surface area (Å²) in [7, 11) is -4.19. The van der Waals surface area contributed by atoms with Crippen LogP contribution in [-0.2, 0) is 14.1 Å². The molecule has 1 saturated carbocycles. The Labute approximate surface area is 203 Å². The van der Waals surface area contributed by atoms with Gasteiger partial charge in [0.25, 0.3) is 5.69 Å². The number of non-ortho nitro benzene ring substituents is 1. The number of nitrogens with zero attached hydrogens (tertiary/aromatic N) is 1. The zero-order chi connectivity index (χ0) is 24.8. The van der Waals surface area contributed by atoms with E-state index < -0.39 is 24.7 Å². The van der Waals surface area contributed by atoms with Gasteiger partial charge in [-0.25, -0.2) is 4.57 Å². The molecule has 2 atom stereocenters. The van der Waals surface area contributed by atoms with E-state index >= 15 is 0 Å². The van der Waals surface area contributed by atoms with Gasteiger partial charge < -0.3 is 13.8 Å². The van der Waals surface area contributed by atoms with Gasteiger partial charge in [0.1, 0.15) is 23.6 Å². The molecule has 0 spiro atoms. The van der Waals surface area contributed by atoms with Gasteiger partial charge in [0, 0.05) is 17.5 Å². The third kappa shape index (κ3) is 6.38. The molecular formula is C25H27N2O7P. The van der Waals surface area contributed by atoms with Crippen molar-refractivity contribution in [3.8, 4) is 11.5 Å². The summed E-state index contributed by atoms with van der Waals surface area (Å²) in [6, 6.07) is 16.8. The predicted molar refractivity (Wildman–Crippen MR) is 131 cm³/mol. The van der Waals surface area contributed by atoms with Crippen molar-refractivity contribution in [1.29, 1.82) is 0 Å². The maximum Gasteiger partial charge on any atom is 0.513 e. The van der Waals surface area contributed by atoms with E-state index in [0.717, 1.165) is 37.5 Å². The van der Waals surface area contributed by atoms with E-state index in [0.29, 0.717) is 11.1 Å². The molecule has 0 bridgehead atoms. The normalized spacial score (nSPS) is 16.7. The summed E-state index contributed by atoms with van der Waals surface area (Å²) in [6.45, 7) is 1.53. The number of nitro groups is 1. The summed E-state index contributed by atoms with van der Waals surface area (Å²) in [4.78, 5) is 23.2. The number of hydrogen-bond donors (Lipinski definition) is 1. The maximum absolute atomic E-state index is 13.9. The fraction of sp³-hybridized carbons (Fsp3) is 0.320. The molecule has 0 radical (unpaired) electrons. The van der Waals surface area contributed by atoms with Crippen molar-refractivity contribution in [1.82, 2.24) is 5.09 Å². The molecule has 1 aliphatic carbocycles. The van der Waals surface area contributed by atoms with Crippen LogP contribution in [0.15, 0.2) is 66.7 Å². The van der Waals surface area contributed by atoms with Crippen molar-refractivity contribution in [2.75, 3.05) is 0 Å². The Hall–Kier alpha value is -3.42. The van der Waals surface area contributed by atoms with Gasteiger partial charge in [-0.2, -0.15) is 5.09 Å². The average molecular weight is 498 g/mol. The largest absolute Gasteiger partial charge is 0.513 e. The second kappa shape index (κ2) is 10.9. The summed E-state index contributed by atoms with van der Waals surface area (Å²) < 4.78 is 31.1. The number of fused-ring (bicyclic) bond motifs is 1. The zero-order valence-corrected chi connectivity index (χ0v) is 20.2. The highest BCUT2D eigenvalue weighted by Crippen LogP contribution is 2.47. The Morgan fingerprint density at radius 1 is 1.00 bits per heavy atom. The molecule has 1 N–H and O–H groups in total. The zero-order valence-electron chi connectivity index (χ0n) is 19.3. The second-order valence-electron chi connectivity index (χ2n) is 8.46. The number of hydrogen-bond acceptors (Lipinski definition) is 7. The van der Waals surface area contributed by atoms with Crippen LogP contribution >= 0.6 is 7.75 Å². The minimum Gasteiger partial charge on any atom is -0.461 e. The van der Waals surface area contributed by atoms with Crippen LogP contribution in [0.4, 0.5) is 5.69 Å². The Morgan fingerprint density at radius 3 is 2.40 bits per heavy atom. The minimum atomic E-state index is -4.19. The molecule has 0 aliphatic heterocycles. The first-order valence-corrected chi connectivity index (χ1v) is 13.1. The van der Waals surface area contributed by atoms with Crippen molar-refractivity contribution < 1.29 is 28.1 Å². The first-order chi connectivity index (χ1) is 16.8. The number of esters is 1. The molecule has 1 unspecified atom stereocenters. The van der Waals surface area contributed by atoms with Gasteiger partial charge in [-0.1, -0.05) is 42.8 Å². The molecule has 0 amide bonds. The van der Waals surface area contributed by atoms with Gasteiger partial charge >= 0.3 is 13.7 Å². The number of carbonyl (C=O) groups excluding carboxylic acids is 1. The quantitative estimate of drug-likeness (QED) is 0.161. The Morgan fingerprint density at radius 2 is 1.69 bits per heavy atom. The molecular weight excluding hydrogens is 471 g/mol. The van der Waals surface area contributed by atoms with Crippen molar-refractivity contribution in [2.45, 2.75) is 51.2 Å². The van der Waals surface area contributed by atoms with Crippen LogP contribution in [-0.4, -0.2) is 23.0 Å². The Bertz CT molecular complexity index is 1240. The maximum atomic E-state index is 13.9. The summed E-state index contributed by atoms with van der Waals surface area (Å²) in [6.07, 6.45) is 4.59. The first kappa shape index (κ1) is 24.7. The number of nitro benzene ring substituents is 1. The van der Waals surface area contributed by atoms with E-state index in [9.17, 15) is 19.5 Å². The number of nitrogens with one attached hydrogen (secondary N) is 1. The molecule has 4 rings (SSSR count). The molecule has 0 saturated heterocycles. The van der Waals surface area contributed by atoms with E-state index in [1.54, 1.807) is 12.1 Å². The highest BCUT2D eigenvalue weighted by atomic mass is 31.2. The summed E-state index contributed by atoms with van der Waals surface area (Å²) in [5.41, 5.74) is -0.139. The van der Waals surface area contributed by atoms with Gasteiger partial charge in [0.2, 0.25) is 0 Å². The smallest absolute Gasteiger partial charge is 0.461 e. The van der Waals surface area contributed by atoms with Gasteiger partial charge in [-0.3, -0.25) is 14.9 Å². The SMILES string of the molecule is C[C@H](NP(=O)(Oc1ccc([N+](=O)[O-])cc1)Oc1cccc2ccccc12)C(=O)OC1CCCCC1. The van der Waals surface area contributed by atoms with Crippen LogP contribution in [0.1, 0.15) is 39.0 Å². The summed E-state index contributed by atoms with van der Waals surface area (Å²) in [5, 5.41) is 15.2. The highest BCUT2D eigenvalue weighted by molar-refractivity contribution is 7.52. The highest BCUT2D eigenvalue weighted by Gasteiger charge is 2.35. The van der Waals surface area contributed by atoms with Crippen molar-refractivity contribution in [3.05, 3.63) is 76.8 Å². The van der Waals surface area contributed by atoms with Gasteiger partial charge in [0.05, 0.1) is 4.92 Å². The van der Waals surface area contributed by atoms with Gasteiger partial charge in [-0.15, -0.1) is 0 Å². The molecule has 1 aliphatic rings. The van der Waals surface area contributed by atoms with Crippen molar-refractivity contribution >= 4 is 30.2 Å². The van der Waals surface area contributed by atoms with E-state index in [2.05, 4.69) is 5.09 Å². The lowest BCUT2D eigenvalue weighted by molar-refractivity contribution is -0.384. The second-order valence-corrected chi connectivity index (χ2v) is 10.1. The lowest BCUT2D eigenvalue weighted by atomic mass is 9.98. The van der Waals surface area contributed by atoms with Crippen LogP contribution in [0.5, 0.6) is 11.5 Å². The number of carbonyl (C=O) groups is 1. The summed E-state index contributed by atoms with van der Waals surface area (Å²) >= 11 is 0. The monoisotopic (exact) mass is 498 g/mol. The molecule has 9 nitrogen and oxygen atoms in total. The van der Waals surface area contributed by atoms with E-state index in [1.165, 1.54) is 31.2 Å². The molecule has 184 valence electrons. The molecule has 3 aromatic carbocycles. The molecule has 10 heteroatoms. The van der Waals surface area contributed by atoms with Crippen LogP contribution in [0.2, 0.25) is 0 Å². The lowest BCUT2D eigenvalue weighted by Crippen LogP contribution is -2.38. The first-order valence-electron chi connectivity index (χ1n) is 11.5. The molecule has 0 heterocycles. The lowest BCUT2D eigenvalue weighted by Gasteiger charge is -2.26. The minimum absolute atomic E-state index is 0.0829. The topological polar surface area (TPSA) is 117 Å². The van der Waals surface area contributed by atoms with E-state index in [4.69, 9.17) is 13.8 Å². The van der Waals surface area contributed by atoms with Crippen LogP contribution < -0.4 is 14.1 Å². The fourth-order valence-electron chi connectivity index (χ4n) is 3.98. The van der Waals surface area contributed by atoms with Crippen molar-refractivity contribution in [2.24, 2.45) is 0 Å². The molecule has 1 fully saturated rings. The molecule has 35 heavy (non-hydrogen) atoms. The average Bonchev–Trinajstić information content (AvgIpc) is 2.85. The van der Waals surface area contributed by atoms with Gasteiger partial charge in [-0.05, 0) is 56.2 Å². The Balaban J connectivity index is 1.58.